The molecule has 2 fully saturated rings. The molecule has 0 aromatic rings. The van der Waals surface area contributed by atoms with Crippen LogP contribution < -0.4 is 10.6 Å². The molecule has 0 saturated carbocycles. The summed E-state index contributed by atoms with van der Waals surface area (Å²) in [6.45, 7) is 2.92. The first-order valence-corrected chi connectivity index (χ1v) is 4.36. The summed E-state index contributed by atoms with van der Waals surface area (Å²) in [6.07, 6.45) is 2.18. The predicted octanol–water partition coefficient (Wildman–Crippen LogP) is -0.268. The Kier molecular flexibility index (Phi) is 1.82. The van der Waals surface area contributed by atoms with Gasteiger partial charge in [0.15, 0.2) is 0 Å². The van der Waals surface area contributed by atoms with Crippen LogP contribution in [0, 0.1) is 11.8 Å². The van der Waals surface area contributed by atoms with Crippen LogP contribution in [0.5, 0.6) is 0 Å². The number of rotatable bonds is 0. The molecule has 0 bridgehead atoms. The van der Waals surface area contributed by atoms with Gasteiger partial charge in [-0.3, -0.25) is 4.79 Å². The maximum absolute atomic E-state index is 11.3. The fourth-order valence-corrected chi connectivity index (χ4v) is 2.08. The van der Waals surface area contributed by atoms with Crippen molar-refractivity contribution in [1.29, 1.82) is 0 Å². The summed E-state index contributed by atoms with van der Waals surface area (Å²) in [5.41, 5.74) is 0. The van der Waals surface area contributed by atoms with Crippen LogP contribution in [0.1, 0.15) is 12.8 Å². The quantitative estimate of drug-likeness (QED) is 0.504. The number of carbonyl (C=O) groups is 1. The van der Waals surface area contributed by atoms with Gasteiger partial charge in [0.1, 0.15) is 0 Å². The van der Waals surface area contributed by atoms with Gasteiger partial charge < -0.3 is 10.6 Å². The van der Waals surface area contributed by atoms with Crippen LogP contribution >= 0.6 is 0 Å². The number of amides is 1. The van der Waals surface area contributed by atoms with Crippen molar-refractivity contribution in [1.82, 2.24) is 10.6 Å². The van der Waals surface area contributed by atoms with Crippen molar-refractivity contribution < 1.29 is 4.79 Å². The van der Waals surface area contributed by atoms with E-state index in [4.69, 9.17) is 0 Å². The molecule has 1 amide bonds. The molecule has 0 aromatic heterocycles. The van der Waals surface area contributed by atoms with Crippen molar-refractivity contribution in [2.75, 3.05) is 19.6 Å². The first-order chi connectivity index (χ1) is 5.38. The lowest BCUT2D eigenvalue weighted by atomic mass is 9.81. The highest BCUT2D eigenvalue weighted by molar-refractivity contribution is 5.79. The van der Waals surface area contributed by atoms with E-state index in [0.717, 1.165) is 32.5 Å². The number of hydrogen-bond donors (Lipinski definition) is 2. The van der Waals surface area contributed by atoms with Gasteiger partial charge in [-0.05, 0) is 31.8 Å². The fraction of sp³-hybridized carbons (Fsp3) is 0.875. The Morgan fingerprint density at radius 3 is 3.00 bits per heavy atom. The van der Waals surface area contributed by atoms with Gasteiger partial charge in [-0.1, -0.05) is 0 Å². The summed E-state index contributed by atoms with van der Waals surface area (Å²) < 4.78 is 0. The van der Waals surface area contributed by atoms with E-state index in [0.29, 0.717) is 11.8 Å². The summed E-state index contributed by atoms with van der Waals surface area (Å²) >= 11 is 0. The highest BCUT2D eigenvalue weighted by atomic mass is 16.1. The van der Waals surface area contributed by atoms with Crippen LogP contribution in [0.3, 0.4) is 0 Å². The first kappa shape index (κ1) is 7.10. The minimum Gasteiger partial charge on any atom is -0.356 e. The smallest absolute Gasteiger partial charge is 0.223 e. The lowest BCUT2D eigenvalue weighted by molar-refractivity contribution is -0.129. The lowest BCUT2D eigenvalue weighted by Crippen LogP contribution is -2.49. The van der Waals surface area contributed by atoms with Crippen LogP contribution in [0.4, 0.5) is 0 Å². The van der Waals surface area contributed by atoms with Crippen molar-refractivity contribution in [3.63, 3.8) is 0 Å². The summed E-state index contributed by atoms with van der Waals surface area (Å²) in [5, 5.41) is 6.24. The zero-order valence-electron chi connectivity index (χ0n) is 6.60. The Morgan fingerprint density at radius 2 is 2.18 bits per heavy atom. The van der Waals surface area contributed by atoms with Crippen LogP contribution in [0.25, 0.3) is 0 Å². The Morgan fingerprint density at radius 1 is 1.27 bits per heavy atom. The molecule has 2 atom stereocenters. The van der Waals surface area contributed by atoms with E-state index in [1.54, 1.807) is 0 Å². The maximum atomic E-state index is 11.3. The van der Waals surface area contributed by atoms with Gasteiger partial charge in [0.25, 0.3) is 0 Å². The summed E-state index contributed by atoms with van der Waals surface area (Å²) in [5.74, 6) is 1.20. The number of hydrogen-bond acceptors (Lipinski definition) is 2. The molecule has 2 N–H and O–H groups in total. The topological polar surface area (TPSA) is 41.1 Å². The molecule has 0 spiro atoms. The van der Waals surface area contributed by atoms with Crippen LogP contribution in [0.2, 0.25) is 0 Å². The second kappa shape index (κ2) is 2.81. The highest BCUT2D eigenvalue weighted by Crippen LogP contribution is 2.24. The van der Waals surface area contributed by atoms with Gasteiger partial charge in [0.2, 0.25) is 5.91 Å². The third kappa shape index (κ3) is 1.25. The number of nitrogens with one attached hydrogen (secondary N) is 2. The SMILES string of the molecule is O=C1NCC[C@H]2CNCC[C@H]12. The summed E-state index contributed by atoms with van der Waals surface area (Å²) in [6, 6.07) is 0. The van der Waals surface area contributed by atoms with Gasteiger partial charge in [-0.25, -0.2) is 0 Å². The average Bonchev–Trinajstić information content (AvgIpc) is 2.06. The molecular formula is C8H14N2O. The summed E-state index contributed by atoms with van der Waals surface area (Å²) in [7, 11) is 0. The van der Waals surface area contributed by atoms with E-state index in [1.807, 2.05) is 0 Å². The zero-order chi connectivity index (χ0) is 7.68. The molecule has 11 heavy (non-hydrogen) atoms. The number of fused-ring (bicyclic) bond motifs is 1. The Hall–Kier alpha value is -0.570. The lowest BCUT2D eigenvalue weighted by Gasteiger charge is -2.34. The Labute approximate surface area is 66.5 Å². The maximum Gasteiger partial charge on any atom is 0.223 e. The minimum atomic E-state index is 0.280. The van der Waals surface area contributed by atoms with Crippen molar-refractivity contribution >= 4 is 5.91 Å². The first-order valence-electron chi connectivity index (χ1n) is 4.36. The normalized spacial score (nSPS) is 37.6. The molecule has 62 valence electrons. The molecule has 0 aromatic carbocycles. The third-order valence-electron chi connectivity index (χ3n) is 2.76. The second-order valence-corrected chi connectivity index (χ2v) is 3.44. The van der Waals surface area contributed by atoms with Gasteiger partial charge >= 0.3 is 0 Å². The molecule has 2 rings (SSSR count). The van der Waals surface area contributed by atoms with E-state index in [1.165, 1.54) is 0 Å². The van der Waals surface area contributed by atoms with E-state index < -0.39 is 0 Å². The predicted molar refractivity (Wildman–Crippen MR) is 42.1 cm³/mol. The molecule has 2 aliphatic rings. The van der Waals surface area contributed by atoms with E-state index in [-0.39, 0.29) is 5.91 Å². The molecule has 0 radical (unpaired) electrons. The fourth-order valence-electron chi connectivity index (χ4n) is 2.08. The number of piperidine rings is 2. The van der Waals surface area contributed by atoms with Crippen LogP contribution in [0.15, 0.2) is 0 Å². The molecule has 2 aliphatic heterocycles. The van der Waals surface area contributed by atoms with Gasteiger partial charge in [0, 0.05) is 12.5 Å². The molecule has 3 nitrogen and oxygen atoms in total. The van der Waals surface area contributed by atoms with Crippen molar-refractivity contribution in [3.05, 3.63) is 0 Å². The molecule has 2 heterocycles. The number of carbonyl (C=O) groups excluding carboxylic acids is 1. The molecule has 2 saturated heterocycles. The Bertz CT molecular complexity index is 167. The van der Waals surface area contributed by atoms with Crippen LogP contribution in [-0.2, 0) is 4.79 Å². The molecule has 0 aliphatic carbocycles. The monoisotopic (exact) mass is 154 g/mol. The van der Waals surface area contributed by atoms with Gasteiger partial charge in [-0.2, -0.15) is 0 Å². The minimum absolute atomic E-state index is 0.280. The van der Waals surface area contributed by atoms with Gasteiger partial charge in [0.05, 0.1) is 0 Å². The standard InChI is InChI=1S/C8H14N2O/c11-8-7-2-3-9-5-6(7)1-4-10-8/h6-7,9H,1-5H2,(H,10,11)/t6-,7-/m0/s1. The average molecular weight is 154 g/mol. The Balaban J connectivity index is 2.05. The summed E-state index contributed by atoms with van der Waals surface area (Å²) in [4.78, 5) is 11.3. The van der Waals surface area contributed by atoms with Crippen molar-refractivity contribution in [2.24, 2.45) is 11.8 Å². The zero-order valence-corrected chi connectivity index (χ0v) is 6.60. The third-order valence-corrected chi connectivity index (χ3v) is 2.76. The molecular weight excluding hydrogens is 140 g/mol. The van der Waals surface area contributed by atoms with Crippen molar-refractivity contribution in [3.8, 4) is 0 Å². The largest absolute Gasteiger partial charge is 0.356 e. The van der Waals surface area contributed by atoms with E-state index in [2.05, 4.69) is 10.6 Å². The highest BCUT2D eigenvalue weighted by Gasteiger charge is 2.33. The second-order valence-electron chi connectivity index (χ2n) is 3.44. The van der Waals surface area contributed by atoms with E-state index >= 15 is 0 Å². The molecule has 0 unspecified atom stereocenters. The van der Waals surface area contributed by atoms with Gasteiger partial charge in [-0.15, -0.1) is 0 Å². The van der Waals surface area contributed by atoms with Crippen LogP contribution in [-0.4, -0.2) is 25.5 Å². The van der Waals surface area contributed by atoms with E-state index in [9.17, 15) is 4.79 Å². The van der Waals surface area contributed by atoms with Crippen molar-refractivity contribution in [2.45, 2.75) is 12.8 Å². The molecule has 3 heteroatoms.